The lowest BCUT2D eigenvalue weighted by molar-refractivity contribution is 0.0501. The van der Waals surface area contributed by atoms with E-state index in [1.54, 1.807) is 18.0 Å². The lowest BCUT2D eigenvalue weighted by Gasteiger charge is -2.07. The Labute approximate surface area is 68.1 Å². The molecule has 0 N–H and O–H groups in total. The van der Waals surface area contributed by atoms with Crippen molar-refractivity contribution in [2.75, 3.05) is 7.11 Å². The molecule has 0 spiro atoms. The minimum Gasteiger partial charge on any atom is -0.360 e. The molecule has 0 saturated heterocycles. The maximum absolute atomic E-state index is 5.03. The fraction of sp³-hybridized carbons (Fsp3) is 0.500. The van der Waals surface area contributed by atoms with Crippen LogP contribution in [0.4, 0.5) is 0 Å². The van der Waals surface area contributed by atoms with Gasteiger partial charge in [-0.2, -0.15) is 5.10 Å². The summed E-state index contributed by atoms with van der Waals surface area (Å²) >= 11 is 3.29. The van der Waals surface area contributed by atoms with Gasteiger partial charge in [0.05, 0.1) is 10.7 Å². The highest BCUT2D eigenvalue weighted by Crippen LogP contribution is 2.10. The van der Waals surface area contributed by atoms with Crippen molar-refractivity contribution in [2.24, 2.45) is 0 Å². The predicted molar refractivity (Wildman–Crippen MR) is 41.6 cm³/mol. The maximum atomic E-state index is 5.03. The Kier molecular flexibility index (Phi) is 2.45. The summed E-state index contributed by atoms with van der Waals surface area (Å²) in [5, 5.41) is 4.03. The van der Waals surface area contributed by atoms with Crippen molar-refractivity contribution in [3.63, 3.8) is 0 Å². The zero-order valence-electron chi connectivity index (χ0n) is 5.91. The summed E-state index contributed by atoms with van der Waals surface area (Å²) in [6.07, 6.45) is 3.61. The third-order valence-corrected chi connectivity index (χ3v) is 1.69. The molecule has 10 heavy (non-hydrogen) atoms. The van der Waals surface area contributed by atoms with E-state index in [0.29, 0.717) is 0 Å². The quantitative estimate of drug-likeness (QED) is 0.736. The van der Waals surface area contributed by atoms with Crippen LogP contribution in [0.2, 0.25) is 0 Å². The van der Waals surface area contributed by atoms with Gasteiger partial charge >= 0.3 is 0 Å². The van der Waals surface area contributed by atoms with E-state index in [1.165, 1.54) is 0 Å². The monoisotopic (exact) mass is 204 g/mol. The van der Waals surface area contributed by atoms with Crippen LogP contribution in [0.25, 0.3) is 0 Å². The van der Waals surface area contributed by atoms with Gasteiger partial charge < -0.3 is 4.74 Å². The van der Waals surface area contributed by atoms with Gasteiger partial charge in [0, 0.05) is 13.3 Å². The summed E-state index contributed by atoms with van der Waals surface area (Å²) in [5.74, 6) is 0. The first-order valence-corrected chi connectivity index (χ1v) is 3.76. The van der Waals surface area contributed by atoms with Gasteiger partial charge in [0.25, 0.3) is 0 Å². The lowest BCUT2D eigenvalue weighted by Crippen LogP contribution is -2.06. The number of methoxy groups -OCH3 is 1. The molecule has 1 atom stereocenters. The number of nitrogens with zero attached hydrogens (tertiary/aromatic N) is 2. The average Bonchev–Trinajstić information content (AvgIpc) is 2.34. The van der Waals surface area contributed by atoms with E-state index >= 15 is 0 Å². The topological polar surface area (TPSA) is 27.1 Å². The molecule has 1 unspecified atom stereocenters. The molecule has 3 nitrogen and oxygen atoms in total. The van der Waals surface area contributed by atoms with Crippen molar-refractivity contribution in [2.45, 2.75) is 13.2 Å². The molecule has 0 aliphatic heterocycles. The van der Waals surface area contributed by atoms with Gasteiger partial charge in [-0.3, -0.25) is 0 Å². The Balaban J connectivity index is 2.74. The standard InChI is InChI=1S/C6H9BrN2O/c1-5(10-2)9-4-6(7)3-8-9/h3-5H,1-2H3. The van der Waals surface area contributed by atoms with Gasteiger partial charge in [0.2, 0.25) is 0 Å². The van der Waals surface area contributed by atoms with Gasteiger partial charge in [-0.1, -0.05) is 0 Å². The molecular formula is C6H9BrN2O. The van der Waals surface area contributed by atoms with Gasteiger partial charge in [-0.25, -0.2) is 4.68 Å². The summed E-state index contributed by atoms with van der Waals surface area (Å²) in [5.41, 5.74) is 0. The summed E-state index contributed by atoms with van der Waals surface area (Å²) in [7, 11) is 1.65. The molecule has 0 fully saturated rings. The SMILES string of the molecule is COC(C)n1cc(Br)cn1. The summed E-state index contributed by atoms with van der Waals surface area (Å²) < 4.78 is 7.74. The van der Waals surface area contributed by atoms with Gasteiger partial charge in [-0.15, -0.1) is 0 Å². The second kappa shape index (κ2) is 3.16. The zero-order valence-corrected chi connectivity index (χ0v) is 7.50. The number of hydrogen-bond acceptors (Lipinski definition) is 2. The highest BCUT2D eigenvalue weighted by atomic mass is 79.9. The van der Waals surface area contributed by atoms with E-state index < -0.39 is 0 Å². The van der Waals surface area contributed by atoms with Crippen LogP contribution in [0, 0.1) is 0 Å². The molecule has 1 heterocycles. The van der Waals surface area contributed by atoms with E-state index in [1.807, 2.05) is 13.1 Å². The first kappa shape index (κ1) is 7.75. The Morgan fingerprint density at radius 2 is 2.50 bits per heavy atom. The van der Waals surface area contributed by atoms with E-state index in [9.17, 15) is 0 Å². The van der Waals surface area contributed by atoms with Crippen LogP contribution in [-0.2, 0) is 4.74 Å². The third kappa shape index (κ3) is 1.58. The summed E-state index contributed by atoms with van der Waals surface area (Å²) in [4.78, 5) is 0. The van der Waals surface area contributed by atoms with Crippen LogP contribution in [0.1, 0.15) is 13.2 Å². The highest BCUT2D eigenvalue weighted by molar-refractivity contribution is 9.10. The van der Waals surface area contributed by atoms with Crippen LogP contribution in [0.15, 0.2) is 16.9 Å². The molecule has 1 rings (SSSR count). The molecule has 0 radical (unpaired) electrons. The third-order valence-electron chi connectivity index (χ3n) is 1.28. The molecule has 0 aliphatic carbocycles. The Morgan fingerprint density at radius 1 is 1.80 bits per heavy atom. The van der Waals surface area contributed by atoms with Crippen molar-refractivity contribution in [1.29, 1.82) is 0 Å². The Morgan fingerprint density at radius 3 is 2.90 bits per heavy atom. The molecule has 1 aromatic heterocycles. The Hall–Kier alpha value is -0.350. The molecule has 0 aliphatic rings. The van der Waals surface area contributed by atoms with E-state index in [2.05, 4.69) is 21.0 Å². The number of halogens is 1. The van der Waals surface area contributed by atoms with Crippen LogP contribution >= 0.6 is 15.9 Å². The smallest absolute Gasteiger partial charge is 0.147 e. The molecule has 0 aromatic carbocycles. The van der Waals surface area contributed by atoms with Crippen molar-refractivity contribution >= 4 is 15.9 Å². The molecule has 0 amide bonds. The van der Waals surface area contributed by atoms with Crippen molar-refractivity contribution < 1.29 is 4.74 Å². The fourth-order valence-electron chi connectivity index (χ4n) is 0.622. The van der Waals surface area contributed by atoms with E-state index in [-0.39, 0.29) is 6.23 Å². The fourth-order valence-corrected chi connectivity index (χ4v) is 0.923. The van der Waals surface area contributed by atoms with Crippen LogP contribution in [-0.4, -0.2) is 16.9 Å². The summed E-state index contributed by atoms with van der Waals surface area (Å²) in [6.45, 7) is 1.93. The molecule has 56 valence electrons. The lowest BCUT2D eigenvalue weighted by atomic mass is 10.6. The highest BCUT2D eigenvalue weighted by Gasteiger charge is 2.01. The molecular weight excluding hydrogens is 196 g/mol. The number of aromatic nitrogens is 2. The van der Waals surface area contributed by atoms with Crippen molar-refractivity contribution in [3.8, 4) is 0 Å². The normalized spacial score (nSPS) is 13.5. The number of ether oxygens (including phenoxy) is 1. The first-order valence-electron chi connectivity index (χ1n) is 2.96. The minimum absolute atomic E-state index is 0.00583. The second-order valence-electron chi connectivity index (χ2n) is 1.97. The molecule has 1 aromatic rings. The van der Waals surface area contributed by atoms with Crippen LogP contribution in [0.3, 0.4) is 0 Å². The largest absolute Gasteiger partial charge is 0.360 e. The zero-order chi connectivity index (χ0) is 7.56. The maximum Gasteiger partial charge on any atom is 0.147 e. The van der Waals surface area contributed by atoms with Gasteiger partial charge in [0.1, 0.15) is 6.23 Å². The van der Waals surface area contributed by atoms with E-state index in [4.69, 9.17) is 4.74 Å². The minimum atomic E-state index is 0.00583. The average molecular weight is 205 g/mol. The molecule has 0 bridgehead atoms. The Bertz CT molecular complexity index is 211. The van der Waals surface area contributed by atoms with Crippen molar-refractivity contribution in [1.82, 2.24) is 9.78 Å². The van der Waals surface area contributed by atoms with E-state index in [0.717, 1.165) is 4.47 Å². The number of hydrogen-bond donors (Lipinski definition) is 0. The predicted octanol–water partition coefficient (Wildman–Crippen LogP) is 1.81. The number of rotatable bonds is 2. The van der Waals surface area contributed by atoms with Crippen LogP contribution < -0.4 is 0 Å². The van der Waals surface area contributed by atoms with Gasteiger partial charge in [0.15, 0.2) is 0 Å². The van der Waals surface area contributed by atoms with Crippen molar-refractivity contribution in [3.05, 3.63) is 16.9 Å². The van der Waals surface area contributed by atoms with Gasteiger partial charge in [-0.05, 0) is 22.9 Å². The molecule has 4 heteroatoms. The summed E-state index contributed by atoms with van der Waals surface area (Å²) in [6, 6.07) is 0. The molecule has 0 saturated carbocycles. The second-order valence-corrected chi connectivity index (χ2v) is 2.89. The first-order chi connectivity index (χ1) is 4.74. The van der Waals surface area contributed by atoms with Crippen LogP contribution in [0.5, 0.6) is 0 Å².